The van der Waals surface area contributed by atoms with Crippen LogP contribution in [0.15, 0.2) is 53.4 Å². The van der Waals surface area contributed by atoms with Crippen molar-refractivity contribution in [3.63, 3.8) is 0 Å². The first-order chi connectivity index (χ1) is 8.65. The number of nitro benzene ring substituents is 1. The van der Waals surface area contributed by atoms with E-state index in [9.17, 15) is 10.1 Å². The van der Waals surface area contributed by atoms with Gasteiger partial charge in [0.05, 0.1) is 4.92 Å². The van der Waals surface area contributed by atoms with Crippen LogP contribution in [0.5, 0.6) is 0 Å². The molecule has 18 heavy (non-hydrogen) atoms. The zero-order chi connectivity index (χ0) is 13.0. The summed E-state index contributed by atoms with van der Waals surface area (Å²) in [4.78, 5) is 11.0. The van der Waals surface area contributed by atoms with Gasteiger partial charge in [-0.05, 0) is 35.4 Å². The van der Waals surface area contributed by atoms with Crippen LogP contribution in [-0.2, 0) is 0 Å². The fourth-order valence-electron chi connectivity index (χ4n) is 1.49. The molecule has 4 heteroatoms. The molecule has 0 bridgehead atoms. The van der Waals surface area contributed by atoms with Gasteiger partial charge in [0, 0.05) is 17.0 Å². The number of non-ortho nitro benzene ring substituents is 1. The van der Waals surface area contributed by atoms with Crippen LogP contribution < -0.4 is 0 Å². The molecule has 0 amide bonds. The van der Waals surface area contributed by atoms with Gasteiger partial charge in [-0.25, -0.2) is 0 Å². The van der Waals surface area contributed by atoms with E-state index < -0.39 is 4.92 Å². The highest BCUT2D eigenvalue weighted by Gasteiger charge is 2.01. The van der Waals surface area contributed by atoms with Crippen LogP contribution in [0.1, 0.15) is 11.1 Å². The molecule has 0 heterocycles. The van der Waals surface area contributed by atoms with E-state index in [0.29, 0.717) is 0 Å². The van der Waals surface area contributed by atoms with Gasteiger partial charge < -0.3 is 0 Å². The van der Waals surface area contributed by atoms with Crippen molar-refractivity contribution >= 4 is 30.5 Å². The molecule has 0 spiro atoms. The molecule has 0 saturated carbocycles. The topological polar surface area (TPSA) is 43.1 Å². The molecule has 0 saturated heterocycles. The third kappa shape index (κ3) is 3.21. The van der Waals surface area contributed by atoms with Crippen LogP contribution in [0, 0.1) is 10.1 Å². The van der Waals surface area contributed by atoms with Crippen LogP contribution >= 0.6 is 12.6 Å². The molecule has 0 aliphatic heterocycles. The Bertz CT molecular complexity index is 574. The highest BCUT2D eigenvalue weighted by molar-refractivity contribution is 7.80. The van der Waals surface area contributed by atoms with E-state index in [1.807, 2.05) is 36.4 Å². The summed E-state index contributed by atoms with van der Waals surface area (Å²) in [5.74, 6) is 0. The summed E-state index contributed by atoms with van der Waals surface area (Å²) in [6, 6.07) is 14.2. The number of hydrogen-bond acceptors (Lipinski definition) is 3. The van der Waals surface area contributed by atoms with Crippen molar-refractivity contribution in [3.05, 3.63) is 69.8 Å². The summed E-state index contributed by atoms with van der Waals surface area (Å²) < 4.78 is 0. The fraction of sp³-hybridized carbons (Fsp3) is 0. The summed E-state index contributed by atoms with van der Waals surface area (Å²) in [6.07, 6.45) is 3.87. The minimum absolute atomic E-state index is 0.103. The first kappa shape index (κ1) is 12.4. The first-order valence-electron chi connectivity index (χ1n) is 5.37. The Morgan fingerprint density at radius 1 is 0.889 bits per heavy atom. The predicted octanol–water partition coefficient (Wildman–Crippen LogP) is 4.05. The molecule has 2 aromatic carbocycles. The van der Waals surface area contributed by atoms with Crippen molar-refractivity contribution in [3.8, 4) is 0 Å². The van der Waals surface area contributed by atoms with Gasteiger partial charge in [0.15, 0.2) is 0 Å². The van der Waals surface area contributed by atoms with Gasteiger partial charge >= 0.3 is 0 Å². The number of thiol groups is 1. The van der Waals surface area contributed by atoms with E-state index in [2.05, 4.69) is 12.6 Å². The Morgan fingerprint density at radius 2 is 1.33 bits per heavy atom. The molecule has 0 aromatic heterocycles. The number of nitrogens with zero attached hydrogens (tertiary/aromatic N) is 1. The minimum atomic E-state index is -0.404. The first-order valence-corrected chi connectivity index (χ1v) is 5.81. The molecule has 0 atom stereocenters. The highest BCUT2D eigenvalue weighted by Crippen LogP contribution is 2.15. The lowest BCUT2D eigenvalue weighted by Crippen LogP contribution is -1.86. The lowest BCUT2D eigenvalue weighted by Gasteiger charge is -1.96. The summed E-state index contributed by atoms with van der Waals surface area (Å²) >= 11 is 4.21. The van der Waals surface area contributed by atoms with E-state index in [0.717, 1.165) is 16.0 Å². The Kier molecular flexibility index (Phi) is 3.79. The van der Waals surface area contributed by atoms with Gasteiger partial charge in [-0.2, -0.15) is 0 Å². The van der Waals surface area contributed by atoms with Crippen LogP contribution in [0.2, 0.25) is 0 Å². The summed E-state index contributed by atoms with van der Waals surface area (Å²) in [5, 5.41) is 10.5. The maximum Gasteiger partial charge on any atom is 0.269 e. The average molecular weight is 257 g/mol. The second kappa shape index (κ2) is 5.51. The van der Waals surface area contributed by atoms with Crippen LogP contribution in [0.4, 0.5) is 5.69 Å². The number of nitro groups is 1. The third-order valence-electron chi connectivity index (χ3n) is 2.47. The van der Waals surface area contributed by atoms with E-state index in [4.69, 9.17) is 0 Å². The molecule has 90 valence electrons. The fourth-order valence-corrected chi connectivity index (χ4v) is 1.63. The smallest absolute Gasteiger partial charge is 0.258 e. The number of hydrogen-bond donors (Lipinski definition) is 1. The Hall–Kier alpha value is -2.07. The molecular weight excluding hydrogens is 246 g/mol. The van der Waals surface area contributed by atoms with Crippen molar-refractivity contribution in [2.24, 2.45) is 0 Å². The SMILES string of the molecule is O=[N+]([O-])c1ccc(C=Cc2ccc(S)cc2)cc1. The van der Waals surface area contributed by atoms with Gasteiger partial charge in [0.1, 0.15) is 0 Å². The van der Waals surface area contributed by atoms with Crippen molar-refractivity contribution in [2.45, 2.75) is 4.90 Å². The maximum atomic E-state index is 10.5. The zero-order valence-corrected chi connectivity index (χ0v) is 10.4. The van der Waals surface area contributed by atoms with E-state index in [-0.39, 0.29) is 5.69 Å². The van der Waals surface area contributed by atoms with Crippen molar-refractivity contribution < 1.29 is 4.92 Å². The average Bonchev–Trinajstić information content (AvgIpc) is 2.38. The summed E-state index contributed by atoms with van der Waals surface area (Å²) in [6.45, 7) is 0. The van der Waals surface area contributed by atoms with Gasteiger partial charge in [0.25, 0.3) is 5.69 Å². The predicted molar refractivity (Wildman–Crippen MR) is 75.7 cm³/mol. The molecule has 3 nitrogen and oxygen atoms in total. The van der Waals surface area contributed by atoms with E-state index in [1.54, 1.807) is 12.1 Å². The Labute approximate surface area is 110 Å². The maximum absolute atomic E-state index is 10.5. The van der Waals surface area contributed by atoms with E-state index >= 15 is 0 Å². The Balaban J connectivity index is 2.13. The molecule has 0 N–H and O–H groups in total. The molecule has 0 aliphatic carbocycles. The highest BCUT2D eigenvalue weighted by atomic mass is 32.1. The van der Waals surface area contributed by atoms with E-state index in [1.165, 1.54) is 12.1 Å². The molecular formula is C14H11NO2S. The van der Waals surface area contributed by atoms with Crippen LogP contribution in [0.25, 0.3) is 12.2 Å². The monoisotopic (exact) mass is 257 g/mol. The van der Waals surface area contributed by atoms with Gasteiger partial charge in [0.2, 0.25) is 0 Å². The van der Waals surface area contributed by atoms with Crippen molar-refractivity contribution in [1.82, 2.24) is 0 Å². The normalized spacial score (nSPS) is 10.7. The van der Waals surface area contributed by atoms with Crippen LogP contribution in [0.3, 0.4) is 0 Å². The summed E-state index contributed by atoms with van der Waals surface area (Å²) in [7, 11) is 0. The second-order valence-electron chi connectivity index (χ2n) is 3.77. The number of benzene rings is 2. The Morgan fingerprint density at radius 3 is 1.78 bits per heavy atom. The largest absolute Gasteiger partial charge is 0.269 e. The van der Waals surface area contributed by atoms with Crippen LogP contribution in [-0.4, -0.2) is 4.92 Å². The quantitative estimate of drug-likeness (QED) is 0.390. The van der Waals surface area contributed by atoms with Crippen molar-refractivity contribution in [2.75, 3.05) is 0 Å². The summed E-state index contributed by atoms with van der Waals surface area (Å²) in [5.41, 5.74) is 2.09. The third-order valence-corrected chi connectivity index (χ3v) is 2.76. The second-order valence-corrected chi connectivity index (χ2v) is 4.29. The lowest BCUT2D eigenvalue weighted by molar-refractivity contribution is -0.384. The van der Waals surface area contributed by atoms with Gasteiger partial charge in [-0.15, -0.1) is 12.6 Å². The molecule has 0 radical (unpaired) electrons. The molecule has 2 rings (SSSR count). The number of rotatable bonds is 3. The molecule has 2 aromatic rings. The van der Waals surface area contributed by atoms with Crippen molar-refractivity contribution in [1.29, 1.82) is 0 Å². The minimum Gasteiger partial charge on any atom is -0.258 e. The molecule has 0 fully saturated rings. The van der Waals surface area contributed by atoms with Gasteiger partial charge in [-0.1, -0.05) is 24.3 Å². The lowest BCUT2D eigenvalue weighted by atomic mass is 10.1. The standard InChI is InChI=1S/C14H11NO2S/c16-15(17)13-7-3-11(4-8-13)1-2-12-5-9-14(18)10-6-12/h1-10,18H. The zero-order valence-electron chi connectivity index (χ0n) is 9.48. The molecule has 0 aliphatic rings. The van der Waals surface area contributed by atoms with Gasteiger partial charge in [-0.3, -0.25) is 10.1 Å². The molecule has 0 unspecified atom stereocenters.